The number of carbonyl (C=O) groups is 1. The van der Waals surface area contributed by atoms with E-state index in [4.69, 9.17) is 4.74 Å². The monoisotopic (exact) mass is 336 g/mol. The quantitative estimate of drug-likeness (QED) is 0.794. The first kappa shape index (κ1) is 17.1. The molecule has 0 atom stereocenters. The average Bonchev–Trinajstić information content (AvgIpc) is 2.92. The second kappa shape index (κ2) is 7.43. The van der Waals surface area contributed by atoms with Gasteiger partial charge in [-0.25, -0.2) is 0 Å². The van der Waals surface area contributed by atoms with Crippen molar-refractivity contribution in [3.05, 3.63) is 53.6 Å². The van der Waals surface area contributed by atoms with E-state index >= 15 is 0 Å². The van der Waals surface area contributed by atoms with Gasteiger partial charge in [-0.2, -0.15) is 0 Å². The lowest BCUT2D eigenvalue weighted by molar-refractivity contribution is -0.110. The highest BCUT2D eigenvalue weighted by atomic mass is 16.5. The molecule has 0 radical (unpaired) electrons. The van der Waals surface area contributed by atoms with Crippen molar-refractivity contribution in [1.29, 1.82) is 0 Å². The molecule has 130 valence electrons. The summed E-state index contributed by atoms with van der Waals surface area (Å²) in [7, 11) is 0. The van der Waals surface area contributed by atoms with Gasteiger partial charge < -0.3 is 15.0 Å². The van der Waals surface area contributed by atoms with Crippen LogP contribution < -0.4 is 15.0 Å². The third-order valence-corrected chi connectivity index (χ3v) is 4.43. The fraction of sp³-hybridized carbons (Fsp3) is 0.286. The van der Waals surface area contributed by atoms with E-state index in [-0.39, 0.29) is 5.91 Å². The van der Waals surface area contributed by atoms with Gasteiger partial charge in [-0.15, -0.1) is 0 Å². The highest BCUT2D eigenvalue weighted by Gasteiger charge is 2.25. The maximum absolute atomic E-state index is 12.5. The van der Waals surface area contributed by atoms with Gasteiger partial charge in [0.1, 0.15) is 5.75 Å². The summed E-state index contributed by atoms with van der Waals surface area (Å²) in [4.78, 5) is 14.8. The van der Waals surface area contributed by atoms with Gasteiger partial charge in [0.05, 0.1) is 12.3 Å². The second-order valence-corrected chi connectivity index (χ2v) is 5.88. The van der Waals surface area contributed by atoms with Crippen molar-refractivity contribution in [2.75, 3.05) is 29.9 Å². The molecule has 1 aliphatic heterocycles. The highest BCUT2D eigenvalue weighted by Crippen LogP contribution is 2.36. The zero-order valence-corrected chi connectivity index (χ0v) is 15.0. The Hall–Kier alpha value is -2.75. The van der Waals surface area contributed by atoms with E-state index in [0.29, 0.717) is 12.2 Å². The van der Waals surface area contributed by atoms with Gasteiger partial charge in [0.25, 0.3) is 5.91 Å². The number of carbonyl (C=O) groups excluding carboxylic acids is 1. The van der Waals surface area contributed by atoms with Gasteiger partial charge >= 0.3 is 0 Å². The summed E-state index contributed by atoms with van der Waals surface area (Å²) in [5.41, 5.74) is 4.62. The van der Waals surface area contributed by atoms with Crippen molar-refractivity contribution in [1.82, 2.24) is 0 Å². The Bertz CT molecular complexity index is 807. The van der Waals surface area contributed by atoms with Gasteiger partial charge in [0.2, 0.25) is 0 Å². The average molecular weight is 336 g/mol. The molecular weight excluding hydrogens is 312 g/mol. The normalized spacial score (nSPS) is 14.4. The van der Waals surface area contributed by atoms with Gasteiger partial charge in [-0.05, 0) is 50.6 Å². The first-order valence-corrected chi connectivity index (χ1v) is 8.82. The fourth-order valence-electron chi connectivity index (χ4n) is 3.19. The first-order valence-electron chi connectivity index (χ1n) is 8.82. The molecule has 1 aliphatic rings. The molecule has 1 N–H and O–H groups in total. The Labute approximate surface area is 149 Å². The van der Waals surface area contributed by atoms with Crippen LogP contribution in [-0.4, -0.2) is 25.6 Å². The smallest absolute Gasteiger partial charge is 0.256 e. The van der Waals surface area contributed by atoms with Crippen LogP contribution in [0, 0.1) is 0 Å². The van der Waals surface area contributed by atoms with Crippen molar-refractivity contribution < 1.29 is 9.53 Å². The number of fused-ring (bicyclic) bond motifs is 1. The molecule has 0 saturated carbocycles. The van der Waals surface area contributed by atoms with Crippen molar-refractivity contribution in [2.45, 2.75) is 20.8 Å². The molecule has 1 heterocycles. The predicted molar refractivity (Wildman–Crippen MR) is 104 cm³/mol. The molecule has 0 spiro atoms. The lowest BCUT2D eigenvalue weighted by atomic mass is 10.0. The summed E-state index contributed by atoms with van der Waals surface area (Å²) in [6.07, 6.45) is 1.98. The molecule has 2 aromatic carbocycles. The number of anilines is 2. The van der Waals surface area contributed by atoms with Gasteiger partial charge in [0.15, 0.2) is 0 Å². The molecule has 2 aromatic rings. The van der Waals surface area contributed by atoms with E-state index in [1.807, 2.05) is 43.3 Å². The number of amides is 1. The zero-order valence-electron chi connectivity index (χ0n) is 15.0. The van der Waals surface area contributed by atoms with E-state index in [9.17, 15) is 4.79 Å². The Morgan fingerprint density at radius 2 is 1.84 bits per heavy atom. The van der Waals surface area contributed by atoms with Crippen LogP contribution in [0.2, 0.25) is 0 Å². The third kappa shape index (κ3) is 3.38. The summed E-state index contributed by atoms with van der Waals surface area (Å²) in [6.45, 7) is 8.68. The van der Waals surface area contributed by atoms with Crippen LogP contribution in [0.5, 0.6) is 5.75 Å². The number of hydrogen-bond acceptors (Lipinski definition) is 3. The van der Waals surface area contributed by atoms with Gasteiger partial charge in [-0.3, -0.25) is 4.79 Å². The standard InChI is InChI=1S/C21H24N2O2/c1-4-23(5-2)20-10-8-7-9-15(20)13-18-17-12-11-16(25-6-3)14-19(17)22-21(18)24/h7-14H,4-6H2,1-3H3,(H,22,24). The third-order valence-electron chi connectivity index (χ3n) is 4.43. The highest BCUT2D eigenvalue weighted by molar-refractivity contribution is 6.35. The minimum Gasteiger partial charge on any atom is -0.494 e. The molecule has 0 aliphatic carbocycles. The van der Waals surface area contributed by atoms with Crippen LogP contribution >= 0.6 is 0 Å². The number of rotatable bonds is 6. The predicted octanol–water partition coefficient (Wildman–Crippen LogP) is 4.42. The first-order chi connectivity index (χ1) is 12.2. The summed E-state index contributed by atoms with van der Waals surface area (Å²) < 4.78 is 5.52. The Morgan fingerprint density at radius 1 is 1.08 bits per heavy atom. The summed E-state index contributed by atoms with van der Waals surface area (Å²) in [5.74, 6) is 0.698. The molecule has 3 rings (SSSR count). The zero-order chi connectivity index (χ0) is 17.8. The molecular formula is C21H24N2O2. The van der Waals surface area contributed by atoms with Gasteiger partial charge in [-0.1, -0.05) is 18.2 Å². The van der Waals surface area contributed by atoms with Crippen LogP contribution in [0.3, 0.4) is 0 Å². The van der Waals surface area contributed by atoms with E-state index in [2.05, 4.69) is 36.2 Å². The summed E-state index contributed by atoms with van der Waals surface area (Å²) >= 11 is 0. The topological polar surface area (TPSA) is 41.6 Å². The number of benzene rings is 2. The number of nitrogens with zero attached hydrogens (tertiary/aromatic N) is 1. The molecule has 0 unspecified atom stereocenters. The number of nitrogens with one attached hydrogen (secondary N) is 1. The van der Waals surface area contributed by atoms with E-state index in [1.54, 1.807) is 0 Å². The molecule has 4 heteroatoms. The molecule has 0 saturated heterocycles. The second-order valence-electron chi connectivity index (χ2n) is 5.88. The Morgan fingerprint density at radius 3 is 2.56 bits per heavy atom. The number of para-hydroxylation sites is 1. The van der Waals surface area contributed by atoms with Crippen LogP contribution in [-0.2, 0) is 4.79 Å². The lowest BCUT2D eigenvalue weighted by Gasteiger charge is -2.23. The molecule has 4 nitrogen and oxygen atoms in total. The van der Waals surface area contributed by atoms with E-state index in [0.717, 1.165) is 41.3 Å². The van der Waals surface area contributed by atoms with Crippen LogP contribution in [0.15, 0.2) is 42.5 Å². The molecule has 25 heavy (non-hydrogen) atoms. The molecule has 0 aromatic heterocycles. The van der Waals surface area contributed by atoms with Crippen LogP contribution in [0.1, 0.15) is 31.9 Å². The van der Waals surface area contributed by atoms with E-state index in [1.165, 1.54) is 0 Å². The van der Waals surface area contributed by atoms with E-state index < -0.39 is 0 Å². The molecule has 1 amide bonds. The lowest BCUT2D eigenvalue weighted by Crippen LogP contribution is -2.22. The van der Waals surface area contributed by atoms with Crippen LogP contribution in [0.25, 0.3) is 11.6 Å². The maximum Gasteiger partial charge on any atom is 0.256 e. The minimum absolute atomic E-state index is 0.0713. The molecule has 0 fully saturated rings. The van der Waals surface area contributed by atoms with Crippen molar-refractivity contribution >= 4 is 28.9 Å². The maximum atomic E-state index is 12.5. The number of hydrogen-bond donors (Lipinski definition) is 1. The molecule has 0 bridgehead atoms. The largest absolute Gasteiger partial charge is 0.494 e. The minimum atomic E-state index is -0.0713. The Balaban J connectivity index is 2.03. The van der Waals surface area contributed by atoms with Crippen LogP contribution in [0.4, 0.5) is 11.4 Å². The Kier molecular flexibility index (Phi) is 5.08. The van der Waals surface area contributed by atoms with Crippen molar-refractivity contribution in [2.24, 2.45) is 0 Å². The number of ether oxygens (including phenoxy) is 1. The fourth-order valence-corrected chi connectivity index (χ4v) is 3.19. The van der Waals surface area contributed by atoms with Crippen molar-refractivity contribution in [3.63, 3.8) is 0 Å². The summed E-state index contributed by atoms with van der Waals surface area (Å²) in [6, 6.07) is 13.9. The summed E-state index contributed by atoms with van der Waals surface area (Å²) in [5, 5.41) is 2.94. The SMILES string of the molecule is CCOc1ccc2c(c1)NC(=O)C2=Cc1ccccc1N(CC)CC. The van der Waals surface area contributed by atoms with Crippen molar-refractivity contribution in [3.8, 4) is 5.75 Å². The van der Waals surface area contributed by atoms with Gasteiger partial charge in [0, 0.05) is 36.0 Å².